The molecule has 0 aliphatic heterocycles. The average Bonchev–Trinajstić information content (AvgIpc) is 2.32. The first-order valence-electron chi connectivity index (χ1n) is 3.69. The Bertz CT molecular complexity index is 234. The van der Waals surface area contributed by atoms with Gasteiger partial charge in [0.25, 0.3) is 0 Å². The van der Waals surface area contributed by atoms with Crippen LogP contribution in [0, 0.1) is 0 Å². The third-order valence-corrected chi connectivity index (χ3v) is 2.37. The molecule has 0 aliphatic rings. The molecule has 0 bridgehead atoms. The molecule has 0 atom stereocenters. The van der Waals surface area contributed by atoms with Gasteiger partial charge < -0.3 is 5.73 Å². The molecular weight excluding hydrogens is 156 g/mol. The van der Waals surface area contributed by atoms with Crippen molar-refractivity contribution in [2.75, 3.05) is 0 Å². The molecule has 3 heteroatoms. The number of rotatable bonds is 1. The minimum atomic E-state index is 0.157. The molecule has 2 N–H and O–H groups in total. The van der Waals surface area contributed by atoms with E-state index in [-0.39, 0.29) is 5.41 Å². The Balaban J connectivity index is 2.89. The van der Waals surface area contributed by atoms with Crippen LogP contribution < -0.4 is 5.73 Å². The summed E-state index contributed by atoms with van der Waals surface area (Å²) >= 11 is 1.64. The second kappa shape index (κ2) is 2.91. The SMILES string of the molecule is CC(C)(C)c1csc(CN)n1. The molecule has 0 aromatic carbocycles. The van der Waals surface area contributed by atoms with Crippen LogP contribution >= 0.6 is 11.3 Å². The molecule has 1 aromatic heterocycles. The summed E-state index contributed by atoms with van der Waals surface area (Å²) in [7, 11) is 0. The van der Waals surface area contributed by atoms with Gasteiger partial charge in [-0.05, 0) is 0 Å². The lowest BCUT2D eigenvalue weighted by atomic mass is 9.93. The number of hydrogen-bond donors (Lipinski definition) is 1. The van der Waals surface area contributed by atoms with E-state index in [1.807, 2.05) is 0 Å². The number of thiazole rings is 1. The summed E-state index contributed by atoms with van der Waals surface area (Å²) in [6, 6.07) is 0. The Morgan fingerprint density at radius 1 is 1.55 bits per heavy atom. The van der Waals surface area contributed by atoms with E-state index in [0.29, 0.717) is 6.54 Å². The maximum Gasteiger partial charge on any atom is 0.106 e. The molecule has 0 spiro atoms. The van der Waals surface area contributed by atoms with Crippen molar-refractivity contribution in [1.82, 2.24) is 4.98 Å². The van der Waals surface area contributed by atoms with Gasteiger partial charge in [-0.3, -0.25) is 0 Å². The Morgan fingerprint density at radius 3 is 2.45 bits per heavy atom. The van der Waals surface area contributed by atoms with Crippen molar-refractivity contribution in [3.05, 3.63) is 16.1 Å². The molecule has 0 unspecified atom stereocenters. The second-order valence-corrected chi connectivity index (χ2v) is 4.52. The maximum absolute atomic E-state index is 5.45. The summed E-state index contributed by atoms with van der Waals surface area (Å²) < 4.78 is 0. The molecule has 11 heavy (non-hydrogen) atoms. The first-order chi connectivity index (χ1) is 5.04. The fraction of sp³-hybridized carbons (Fsp3) is 0.625. The molecule has 1 rings (SSSR count). The van der Waals surface area contributed by atoms with E-state index >= 15 is 0 Å². The largest absolute Gasteiger partial charge is 0.325 e. The van der Waals surface area contributed by atoms with Crippen molar-refractivity contribution in [2.24, 2.45) is 5.73 Å². The standard InChI is InChI=1S/C8H14N2S/c1-8(2,3)6-5-11-7(4-9)10-6/h5H,4,9H2,1-3H3. The summed E-state index contributed by atoms with van der Waals surface area (Å²) in [5.41, 5.74) is 6.75. The zero-order valence-electron chi connectivity index (χ0n) is 7.22. The highest BCUT2D eigenvalue weighted by molar-refractivity contribution is 7.09. The highest BCUT2D eigenvalue weighted by Gasteiger charge is 2.16. The number of nitrogens with zero attached hydrogens (tertiary/aromatic N) is 1. The normalized spacial score (nSPS) is 12.0. The van der Waals surface area contributed by atoms with Crippen LogP contribution in [0.1, 0.15) is 31.5 Å². The van der Waals surface area contributed by atoms with Crippen molar-refractivity contribution >= 4 is 11.3 Å². The molecule has 62 valence electrons. The molecule has 2 nitrogen and oxygen atoms in total. The van der Waals surface area contributed by atoms with Crippen LogP contribution in [0.4, 0.5) is 0 Å². The zero-order valence-corrected chi connectivity index (χ0v) is 8.03. The molecule has 0 radical (unpaired) electrons. The van der Waals surface area contributed by atoms with E-state index in [9.17, 15) is 0 Å². The number of aromatic nitrogens is 1. The van der Waals surface area contributed by atoms with Crippen molar-refractivity contribution in [1.29, 1.82) is 0 Å². The molecule has 0 amide bonds. The van der Waals surface area contributed by atoms with Crippen LogP contribution in [0.3, 0.4) is 0 Å². The van der Waals surface area contributed by atoms with Crippen LogP contribution in [0.2, 0.25) is 0 Å². The van der Waals surface area contributed by atoms with Crippen LogP contribution in [0.15, 0.2) is 5.38 Å². The summed E-state index contributed by atoms with van der Waals surface area (Å²) in [5, 5.41) is 3.11. The van der Waals surface area contributed by atoms with Crippen LogP contribution in [0.25, 0.3) is 0 Å². The van der Waals surface area contributed by atoms with Gasteiger partial charge in [-0.2, -0.15) is 0 Å². The lowest BCUT2D eigenvalue weighted by Gasteiger charge is -2.14. The lowest BCUT2D eigenvalue weighted by molar-refractivity contribution is 0.571. The van der Waals surface area contributed by atoms with Gasteiger partial charge in [0.15, 0.2) is 0 Å². The summed E-state index contributed by atoms with van der Waals surface area (Å²) in [4.78, 5) is 4.39. The molecule has 0 aliphatic carbocycles. The van der Waals surface area contributed by atoms with Gasteiger partial charge in [-0.15, -0.1) is 11.3 Å². The maximum atomic E-state index is 5.45. The van der Waals surface area contributed by atoms with Gasteiger partial charge in [-0.25, -0.2) is 4.98 Å². The van der Waals surface area contributed by atoms with Gasteiger partial charge >= 0.3 is 0 Å². The van der Waals surface area contributed by atoms with E-state index in [4.69, 9.17) is 5.73 Å². The molecule has 0 fully saturated rings. The highest BCUT2D eigenvalue weighted by Crippen LogP contribution is 2.23. The minimum Gasteiger partial charge on any atom is -0.325 e. The quantitative estimate of drug-likeness (QED) is 0.699. The Kier molecular flexibility index (Phi) is 2.30. The van der Waals surface area contributed by atoms with Gasteiger partial charge in [0.2, 0.25) is 0 Å². The van der Waals surface area contributed by atoms with Crippen molar-refractivity contribution in [2.45, 2.75) is 32.7 Å². The summed E-state index contributed by atoms with van der Waals surface area (Å²) in [6.45, 7) is 7.02. The van der Waals surface area contributed by atoms with Crippen LogP contribution in [-0.2, 0) is 12.0 Å². The Labute approximate surface area is 71.5 Å². The number of nitrogens with two attached hydrogens (primary N) is 1. The van der Waals surface area contributed by atoms with Crippen LogP contribution in [0.5, 0.6) is 0 Å². The van der Waals surface area contributed by atoms with Gasteiger partial charge in [0.05, 0.1) is 5.69 Å². The average molecular weight is 170 g/mol. The van der Waals surface area contributed by atoms with E-state index in [2.05, 4.69) is 31.1 Å². The molecule has 1 aromatic rings. The molecule has 0 saturated heterocycles. The molecule has 1 heterocycles. The number of hydrogen-bond acceptors (Lipinski definition) is 3. The van der Waals surface area contributed by atoms with E-state index < -0.39 is 0 Å². The Hall–Kier alpha value is -0.410. The van der Waals surface area contributed by atoms with Crippen LogP contribution in [-0.4, -0.2) is 4.98 Å². The fourth-order valence-corrected chi connectivity index (χ4v) is 1.65. The van der Waals surface area contributed by atoms with Crippen molar-refractivity contribution < 1.29 is 0 Å². The molecule has 0 saturated carbocycles. The third-order valence-electron chi connectivity index (χ3n) is 1.49. The smallest absolute Gasteiger partial charge is 0.106 e. The van der Waals surface area contributed by atoms with Gasteiger partial charge in [0, 0.05) is 17.3 Å². The third kappa shape index (κ3) is 2.01. The van der Waals surface area contributed by atoms with Gasteiger partial charge in [-0.1, -0.05) is 20.8 Å². The van der Waals surface area contributed by atoms with Gasteiger partial charge in [0.1, 0.15) is 5.01 Å². The first kappa shape index (κ1) is 8.68. The lowest BCUT2D eigenvalue weighted by Crippen LogP contribution is -2.11. The van der Waals surface area contributed by atoms with Crippen molar-refractivity contribution in [3.63, 3.8) is 0 Å². The van der Waals surface area contributed by atoms with E-state index in [1.165, 1.54) is 0 Å². The van der Waals surface area contributed by atoms with E-state index in [1.54, 1.807) is 11.3 Å². The Morgan fingerprint density at radius 2 is 2.18 bits per heavy atom. The first-order valence-corrected chi connectivity index (χ1v) is 4.57. The van der Waals surface area contributed by atoms with E-state index in [0.717, 1.165) is 10.7 Å². The second-order valence-electron chi connectivity index (χ2n) is 3.58. The predicted molar refractivity (Wildman–Crippen MR) is 48.7 cm³/mol. The van der Waals surface area contributed by atoms with Crippen molar-refractivity contribution in [3.8, 4) is 0 Å². The monoisotopic (exact) mass is 170 g/mol. The molecular formula is C8H14N2S. The topological polar surface area (TPSA) is 38.9 Å². The summed E-state index contributed by atoms with van der Waals surface area (Å²) in [6.07, 6.45) is 0. The zero-order chi connectivity index (χ0) is 8.48. The fourth-order valence-electron chi connectivity index (χ4n) is 0.749. The summed E-state index contributed by atoms with van der Waals surface area (Å²) in [5.74, 6) is 0. The highest BCUT2D eigenvalue weighted by atomic mass is 32.1. The predicted octanol–water partition coefficient (Wildman–Crippen LogP) is 1.90. The minimum absolute atomic E-state index is 0.157.